The van der Waals surface area contributed by atoms with Crippen molar-refractivity contribution in [3.05, 3.63) is 74.4 Å². The van der Waals surface area contributed by atoms with Crippen LogP contribution < -0.4 is 5.06 Å². The SMILES string of the molecule is C[NH+]([O-])C1CCC(c2ccc(Cl)c(Cl)c2)c2ccccc21. The van der Waals surface area contributed by atoms with Gasteiger partial charge in [0.1, 0.15) is 6.04 Å². The van der Waals surface area contributed by atoms with Gasteiger partial charge in [0, 0.05) is 17.9 Å². The van der Waals surface area contributed by atoms with E-state index in [0.29, 0.717) is 10.0 Å². The van der Waals surface area contributed by atoms with Gasteiger partial charge in [0.2, 0.25) is 0 Å². The van der Waals surface area contributed by atoms with Gasteiger partial charge < -0.3 is 10.3 Å². The van der Waals surface area contributed by atoms with Crippen LogP contribution in [0, 0.1) is 5.21 Å². The van der Waals surface area contributed by atoms with E-state index in [-0.39, 0.29) is 17.0 Å². The molecule has 0 radical (unpaired) electrons. The highest BCUT2D eigenvalue weighted by Crippen LogP contribution is 2.41. The number of hydroxylamine groups is 2. The Hall–Kier alpha value is -1.06. The summed E-state index contributed by atoms with van der Waals surface area (Å²) in [5.74, 6) is 0.284. The molecule has 0 aromatic heterocycles. The number of nitrogens with one attached hydrogen (secondary N) is 1. The quantitative estimate of drug-likeness (QED) is 0.832. The van der Waals surface area contributed by atoms with Crippen LogP contribution in [-0.2, 0) is 0 Å². The van der Waals surface area contributed by atoms with Gasteiger partial charge in [0.25, 0.3) is 0 Å². The molecule has 0 heterocycles. The van der Waals surface area contributed by atoms with Gasteiger partial charge in [0.15, 0.2) is 0 Å². The van der Waals surface area contributed by atoms with Crippen LogP contribution in [0.4, 0.5) is 0 Å². The zero-order valence-corrected chi connectivity index (χ0v) is 13.3. The first kappa shape index (κ1) is 14.9. The number of rotatable bonds is 2. The first-order chi connectivity index (χ1) is 10.1. The summed E-state index contributed by atoms with van der Waals surface area (Å²) in [4.78, 5) is 0. The summed E-state index contributed by atoms with van der Waals surface area (Å²) in [6.45, 7) is 0. The van der Waals surface area contributed by atoms with Gasteiger partial charge in [-0.2, -0.15) is 0 Å². The molecule has 0 fully saturated rings. The van der Waals surface area contributed by atoms with Crippen LogP contribution in [0.3, 0.4) is 0 Å². The first-order valence-corrected chi connectivity index (χ1v) is 7.87. The normalized spacial score (nSPS) is 22.7. The highest BCUT2D eigenvalue weighted by molar-refractivity contribution is 6.42. The van der Waals surface area contributed by atoms with Crippen LogP contribution in [0.1, 0.15) is 41.5 Å². The van der Waals surface area contributed by atoms with Crippen LogP contribution in [0.5, 0.6) is 0 Å². The Balaban J connectivity index is 2.05. The Labute approximate surface area is 134 Å². The molecule has 0 spiro atoms. The van der Waals surface area contributed by atoms with Crippen LogP contribution in [0.2, 0.25) is 10.0 Å². The lowest BCUT2D eigenvalue weighted by molar-refractivity contribution is -0.862. The third-order valence-electron chi connectivity index (χ3n) is 4.33. The standard InChI is InChI=1S/C17H17Cl2NO/c1-20(21)17-9-7-12(13-4-2-3-5-14(13)17)11-6-8-15(18)16(19)10-11/h2-6,8,10,12,17,20H,7,9H2,1H3. The maximum absolute atomic E-state index is 11.9. The Morgan fingerprint density at radius 1 is 1.00 bits per heavy atom. The van der Waals surface area contributed by atoms with E-state index in [1.54, 1.807) is 7.05 Å². The molecule has 0 aliphatic heterocycles. The predicted molar refractivity (Wildman–Crippen MR) is 87.0 cm³/mol. The lowest BCUT2D eigenvalue weighted by atomic mass is 9.77. The highest BCUT2D eigenvalue weighted by Gasteiger charge is 2.30. The molecule has 2 nitrogen and oxygen atoms in total. The Kier molecular flexibility index (Phi) is 4.23. The molecule has 3 atom stereocenters. The smallest absolute Gasteiger partial charge is 0.113 e. The Morgan fingerprint density at radius 3 is 2.38 bits per heavy atom. The van der Waals surface area contributed by atoms with Crippen molar-refractivity contribution >= 4 is 23.2 Å². The van der Waals surface area contributed by atoms with Crippen molar-refractivity contribution < 1.29 is 5.06 Å². The molecule has 21 heavy (non-hydrogen) atoms. The minimum atomic E-state index is 0.0280. The van der Waals surface area contributed by atoms with E-state index in [2.05, 4.69) is 12.1 Å². The fourth-order valence-corrected chi connectivity index (χ4v) is 3.59. The summed E-state index contributed by atoms with van der Waals surface area (Å²) >= 11 is 12.2. The molecule has 1 aliphatic carbocycles. The summed E-state index contributed by atoms with van der Waals surface area (Å²) in [7, 11) is 1.68. The summed E-state index contributed by atoms with van der Waals surface area (Å²) in [6, 6.07) is 14.1. The second kappa shape index (κ2) is 5.98. The number of halogens is 2. The lowest BCUT2D eigenvalue weighted by Crippen LogP contribution is -3.04. The van der Waals surface area contributed by atoms with E-state index in [1.807, 2.05) is 30.3 Å². The van der Waals surface area contributed by atoms with Crippen LogP contribution in [-0.4, -0.2) is 7.05 Å². The molecule has 0 saturated carbocycles. The summed E-state index contributed by atoms with van der Waals surface area (Å²) in [5, 5.41) is 13.3. The third kappa shape index (κ3) is 2.82. The van der Waals surface area contributed by atoms with Gasteiger partial charge in [-0.15, -0.1) is 0 Å². The van der Waals surface area contributed by atoms with Gasteiger partial charge >= 0.3 is 0 Å². The van der Waals surface area contributed by atoms with Crippen molar-refractivity contribution in [2.45, 2.75) is 24.8 Å². The molecular formula is C17H17Cl2NO. The number of hydrogen-bond donors (Lipinski definition) is 1. The Morgan fingerprint density at radius 2 is 1.71 bits per heavy atom. The van der Waals surface area contributed by atoms with Gasteiger partial charge in [-0.3, -0.25) is 0 Å². The van der Waals surface area contributed by atoms with Gasteiger partial charge in [-0.25, -0.2) is 0 Å². The van der Waals surface area contributed by atoms with Crippen molar-refractivity contribution in [2.75, 3.05) is 7.05 Å². The van der Waals surface area contributed by atoms with Crippen LogP contribution in [0.15, 0.2) is 42.5 Å². The number of benzene rings is 2. The van der Waals surface area contributed by atoms with E-state index in [1.165, 1.54) is 11.1 Å². The van der Waals surface area contributed by atoms with Crippen molar-refractivity contribution in [3.63, 3.8) is 0 Å². The molecule has 4 heteroatoms. The highest BCUT2D eigenvalue weighted by atomic mass is 35.5. The zero-order chi connectivity index (χ0) is 15.0. The molecule has 1 aliphatic rings. The fraction of sp³-hybridized carbons (Fsp3) is 0.294. The van der Waals surface area contributed by atoms with E-state index >= 15 is 0 Å². The number of fused-ring (bicyclic) bond motifs is 1. The molecule has 110 valence electrons. The molecule has 0 saturated heterocycles. The monoisotopic (exact) mass is 321 g/mol. The molecule has 2 aromatic rings. The maximum atomic E-state index is 11.9. The molecule has 3 rings (SSSR count). The topological polar surface area (TPSA) is 27.5 Å². The lowest BCUT2D eigenvalue weighted by Gasteiger charge is -2.36. The van der Waals surface area contributed by atoms with Gasteiger partial charge in [-0.1, -0.05) is 53.5 Å². The van der Waals surface area contributed by atoms with E-state index < -0.39 is 0 Å². The maximum Gasteiger partial charge on any atom is 0.113 e. The predicted octanol–water partition coefficient (Wildman–Crippen LogP) is 3.97. The van der Waals surface area contributed by atoms with Gasteiger partial charge in [-0.05, 0) is 29.7 Å². The van der Waals surface area contributed by atoms with E-state index in [9.17, 15) is 5.21 Å². The first-order valence-electron chi connectivity index (χ1n) is 7.12. The van der Waals surface area contributed by atoms with Gasteiger partial charge in [0.05, 0.1) is 17.1 Å². The second-order valence-electron chi connectivity index (χ2n) is 5.60. The van der Waals surface area contributed by atoms with Crippen molar-refractivity contribution in [3.8, 4) is 0 Å². The minimum absolute atomic E-state index is 0.0280. The van der Waals surface area contributed by atoms with E-state index in [4.69, 9.17) is 23.2 Å². The third-order valence-corrected chi connectivity index (χ3v) is 5.07. The molecular weight excluding hydrogens is 305 g/mol. The Bertz CT molecular complexity index is 657. The van der Waals surface area contributed by atoms with Crippen LogP contribution in [0.25, 0.3) is 0 Å². The fourth-order valence-electron chi connectivity index (χ4n) is 3.29. The molecule has 2 aromatic carbocycles. The van der Waals surface area contributed by atoms with Crippen molar-refractivity contribution in [1.82, 2.24) is 0 Å². The minimum Gasteiger partial charge on any atom is -0.634 e. The zero-order valence-electron chi connectivity index (χ0n) is 11.8. The molecule has 0 bridgehead atoms. The summed E-state index contributed by atoms with van der Waals surface area (Å²) < 4.78 is 0. The second-order valence-corrected chi connectivity index (χ2v) is 6.41. The molecule has 1 N–H and O–H groups in total. The number of quaternary nitrogens is 1. The largest absolute Gasteiger partial charge is 0.634 e. The summed E-state index contributed by atoms with van der Waals surface area (Å²) in [5.41, 5.74) is 3.56. The summed E-state index contributed by atoms with van der Waals surface area (Å²) in [6.07, 6.45) is 1.84. The van der Waals surface area contributed by atoms with E-state index in [0.717, 1.165) is 18.4 Å². The average molecular weight is 322 g/mol. The van der Waals surface area contributed by atoms with Crippen molar-refractivity contribution in [1.29, 1.82) is 0 Å². The average Bonchev–Trinajstić information content (AvgIpc) is 2.49. The van der Waals surface area contributed by atoms with Crippen molar-refractivity contribution in [2.24, 2.45) is 0 Å². The number of hydrogen-bond acceptors (Lipinski definition) is 1. The molecule has 3 unspecified atom stereocenters. The van der Waals surface area contributed by atoms with Crippen LogP contribution >= 0.6 is 23.2 Å². The molecule has 0 amide bonds.